The summed E-state index contributed by atoms with van der Waals surface area (Å²) in [5.41, 5.74) is 0.215. The van der Waals surface area contributed by atoms with Gasteiger partial charge in [-0.15, -0.1) is 0 Å². The fraction of sp³-hybridized carbons (Fsp3) is 0.762. The largest absolute Gasteiger partial charge is 0.379 e. The lowest BCUT2D eigenvalue weighted by atomic mass is 9.92. The maximum Gasteiger partial charge on any atom is 0.253 e. The van der Waals surface area contributed by atoms with E-state index in [4.69, 9.17) is 18.9 Å². The van der Waals surface area contributed by atoms with Crippen molar-refractivity contribution in [1.29, 1.82) is 0 Å². The average Bonchev–Trinajstić information content (AvgIpc) is 2.99. The van der Waals surface area contributed by atoms with Gasteiger partial charge in [-0.1, -0.05) is 20.8 Å². The quantitative estimate of drug-likeness (QED) is 0.271. The zero-order chi connectivity index (χ0) is 22.2. The Bertz CT molecular complexity index is 540. The highest BCUT2D eigenvalue weighted by molar-refractivity contribution is 6.12. The van der Waals surface area contributed by atoms with Crippen LogP contribution in [0.3, 0.4) is 0 Å². The maximum atomic E-state index is 11.6. The number of hydrogen-bond donors (Lipinski definition) is 1. The van der Waals surface area contributed by atoms with E-state index < -0.39 is 0 Å². The van der Waals surface area contributed by atoms with Crippen LogP contribution in [0.1, 0.15) is 33.6 Å². The van der Waals surface area contributed by atoms with Crippen LogP contribution in [-0.4, -0.2) is 88.6 Å². The first kappa shape index (κ1) is 26.2. The summed E-state index contributed by atoms with van der Waals surface area (Å²) < 4.78 is 21.5. The van der Waals surface area contributed by atoms with Crippen LogP contribution >= 0.6 is 0 Å². The summed E-state index contributed by atoms with van der Waals surface area (Å²) >= 11 is 0. The molecule has 3 amide bonds. The molecule has 0 atom stereocenters. The van der Waals surface area contributed by atoms with E-state index in [0.717, 1.165) is 11.3 Å². The number of ether oxygens (including phenoxy) is 4. The third-order valence-electron chi connectivity index (χ3n) is 4.15. The topological polar surface area (TPSA) is 103 Å². The van der Waals surface area contributed by atoms with Crippen molar-refractivity contribution in [2.75, 3.05) is 65.9 Å². The van der Waals surface area contributed by atoms with E-state index in [1.165, 1.54) is 12.2 Å². The molecule has 1 aliphatic rings. The van der Waals surface area contributed by atoms with E-state index >= 15 is 0 Å². The molecule has 9 nitrogen and oxygen atoms in total. The molecule has 172 valence electrons. The number of nitrogens with zero attached hydrogens (tertiary/aromatic N) is 1. The third-order valence-corrected chi connectivity index (χ3v) is 4.15. The van der Waals surface area contributed by atoms with Crippen LogP contribution < -0.4 is 5.32 Å². The van der Waals surface area contributed by atoms with Crippen molar-refractivity contribution in [2.24, 2.45) is 5.41 Å². The first-order valence-electron chi connectivity index (χ1n) is 10.4. The van der Waals surface area contributed by atoms with Gasteiger partial charge in [-0.2, -0.15) is 0 Å². The van der Waals surface area contributed by atoms with Gasteiger partial charge in [-0.3, -0.25) is 19.3 Å². The van der Waals surface area contributed by atoms with Crippen LogP contribution in [0.4, 0.5) is 0 Å². The van der Waals surface area contributed by atoms with Crippen molar-refractivity contribution in [2.45, 2.75) is 33.6 Å². The minimum absolute atomic E-state index is 0.00563. The summed E-state index contributed by atoms with van der Waals surface area (Å²) in [6.07, 6.45) is 3.80. The molecular weight excluding hydrogens is 392 g/mol. The predicted molar refractivity (Wildman–Crippen MR) is 111 cm³/mol. The first-order chi connectivity index (χ1) is 14.3. The van der Waals surface area contributed by atoms with Crippen LogP contribution in [0.15, 0.2) is 12.2 Å². The third kappa shape index (κ3) is 13.4. The van der Waals surface area contributed by atoms with Crippen molar-refractivity contribution in [3.05, 3.63) is 12.2 Å². The van der Waals surface area contributed by atoms with Crippen LogP contribution in [0.2, 0.25) is 0 Å². The molecule has 0 fully saturated rings. The van der Waals surface area contributed by atoms with Crippen molar-refractivity contribution >= 4 is 17.7 Å². The normalized spacial score (nSPS) is 14.0. The second-order valence-corrected chi connectivity index (χ2v) is 8.02. The first-order valence-corrected chi connectivity index (χ1v) is 10.4. The number of nitrogens with one attached hydrogen (secondary N) is 1. The summed E-state index contributed by atoms with van der Waals surface area (Å²) in [7, 11) is 0. The lowest BCUT2D eigenvalue weighted by molar-refractivity contribution is -0.137. The van der Waals surface area contributed by atoms with Crippen LogP contribution in [0.25, 0.3) is 0 Å². The van der Waals surface area contributed by atoms with E-state index in [2.05, 4.69) is 26.1 Å². The molecule has 1 rings (SSSR count). The smallest absolute Gasteiger partial charge is 0.253 e. The molecule has 0 saturated carbocycles. The molecule has 0 aromatic rings. The molecule has 30 heavy (non-hydrogen) atoms. The van der Waals surface area contributed by atoms with E-state index in [0.29, 0.717) is 59.2 Å². The second-order valence-electron chi connectivity index (χ2n) is 8.02. The Labute approximate surface area is 179 Å². The monoisotopic (exact) mass is 428 g/mol. The van der Waals surface area contributed by atoms with Crippen molar-refractivity contribution in [1.82, 2.24) is 10.2 Å². The Hall–Kier alpha value is -1.81. The molecule has 0 radical (unpaired) electrons. The number of amides is 3. The van der Waals surface area contributed by atoms with E-state index in [1.807, 2.05) is 0 Å². The van der Waals surface area contributed by atoms with Gasteiger partial charge in [0.15, 0.2) is 0 Å². The number of hydrogen-bond acceptors (Lipinski definition) is 7. The van der Waals surface area contributed by atoms with Gasteiger partial charge < -0.3 is 24.3 Å². The van der Waals surface area contributed by atoms with Crippen molar-refractivity contribution in [3.8, 4) is 0 Å². The SMILES string of the molecule is CC(C)(C)CCNC(=O)CCOCCOCCOCCOCCN1C(=O)C=CC1=O. The van der Waals surface area contributed by atoms with Gasteiger partial charge in [0.05, 0.1) is 59.4 Å². The molecular formula is C21H36N2O7. The van der Waals surface area contributed by atoms with E-state index in [-0.39, 0.29) is 36.3 Å². The summed E-state index contributed by atoms with van der Waals surface area (Å²) in [5, 5.41) is 2.89. The Kier molecular flexibility index (Phi) is 13.2. The molecule has 1 aliphatic heterocycles. The molecule has 9 heteroatoms. The average molecular weight is 429 g/mol. The molecule has 1 heterocycles. The molecule has 0 aromatic heterocycles. The highest BCUT2D eigenvalue weighted by Gasteiger charge is 2.22. The Morgan fingerprint density at radius 1 is 0.833 bits per heavy atom. The van der Waals surface area contributed by atoms with Gasteiger partial charge in [0.2, 0.25) is 5.91 Å². The molecule has 0 aromatic carbocycles. The standard InChI is InChI=1S/C21H36N2O7/c1-21(2,3)7-8-22-18(24)6-10-27-12-14-29-16-17-30-15-13-28-11-9-23-19(25)4-5-20(23)26/h4-5H,6-17H2,1-3H3,(H,22,24). The Balaban J connectivity index is 1.78. The lowest BCUT2D eigenvalue weighted by Gasteiger charge is -2.17. The van der Waals surface area contributed by atoms with Gasteiger partial charge in [-0.25, -0.2) is 0 Å². The number of rotatable bonds is 17. The fourth-order valence-corrected chi connectivity index (χ4v) is 2.40. The van der Waals surface area contributed by atoms with E-state index in [1.54, 1.807) is 0 Å². The van der Waals surface area contributed by atoms with Crippen molar-refractivity contribution < 1.29 is 33.3 Å². The summed E-state index contributed by atoms with van der Waals surface area (Å²) in [6, 6.07) is 0. The number of imide groups is 1. The minimum atomic E-state index is -0.305. The molecule has 0 bridgehead atoms. The van der Waals surface area contributed by atoms with Crippen LogP contribution in [-0.2, 0) is 33.3 Å². The van der Waals surface area contributed by atoms with Crippen LogP contribution in [0, 0.1) is 5.41 Å². The number of carbonyl (C=O) groups is 3. The highest BCUT2D eigenvalue weighted by Crippen LogP contribution is 2.16. The molecule has 0 saturated heterocycles. The summed E-state index contributed by atoms with van der Waals surface area (Å²) in [5.74, 6) is -0.605. The predicted octanol–water partition coefficient (Wildman–Crippen LogP) is 0.920. The van der Waals surface area contributed by atoms with Crippen molar-refractivity contribution in [3.63, 3.8) is 0 Å². The molecule has 0 aliphatic carbocycles. The zero-order valence-corrected chi connectivity index (χ0v) is 18.4. The van der Waals surface area contributed by atoms with Gasteiger partial charge in [0, 0.05) is 25.1 Å². The maximum absolute atomic E-state index is 11.6. The minimum Gasteiger partial charge on any atom is -0.379 e. The fourth-order valence-electron chi connectivity index (χ4n) is 2.40. The Morgan fingerprint density at radius 2 is 1.30 bits per heavy atom. The molecule has 0 spiro atoms. The van der Waals surface area contributed by atoms with Gasteiger partial charge in [0.25, 0.3) is 11.8 Å². The van der Waals surface area contributed by atoms with Gasteiger partial charge >= 0.3 is 0 Å². The second kappa shape index (κ2) is 15.1. The highest BCUT2D eigenvalue weighted by atomic mass is 16.6. The van der Waals surface area contributed by atoms with E-state index in [9.17, 15) is 14.4 Å². The summed E-state index contributed by atoms with van der Waals surface area (Å²) in [6.45, 7) is 10.6. The zero-order valence-electron chi connectivity index (χ0n) is 18.4. The van der Waals surface area contributed by atoms with Crippen LogP contribution in [0.5, 0.6) is 0 Å². The molecule has 0 unspecified atom stereocenters. The van der Waals surface area contributed by atoms with Gasteiger partial charge in [0.1, 0.15) is 0 Å². The summed E-state index contributed by atoms with van der Waals surface area (Å²) in [4.78, 5) is 35.4. The van der Waals surface area contributed by atoms with Gasteiger partial charge in [-0.05, 0) is 11.8 Å². The molecule has 1 N–H and O–H groups in total. The Morgan fingerprint density at radius 3 is 1.80 bits per heavy atom. The number of carbonyl (C=O) groups excluding carboxylic acids is 3. The lowest BCUT2D eigenvalue weighted by Crippen LogP contribution is -2.33.